The first-order valence-corrected chi connectivity index (χ1v) is 9.59. The summed E-state index contributed by atoms with van der Waals surface area (Å²) >= 11 is 1.26. The van der Waals surface area contributed by atoms with Crippen LogP contribution in [0.2, 0.25) is 0 Å². The summed E-state index contributed by atoms with van der Waals surface area (Å²) in [5.41, 5.74) is 1.79. The number of carbonyl (C=O) groups excluding carboxylic acids is 1. The Kier molecular flexibility index (Phi) is 4.91. The number of nitrogens with zero attached hydrogens (tertiary/aromatic N) is 1. The molecule has 4 rings (SSSR count). The number of nitrogens with one attached hydrogen (secondary N) is 2. The standard InChI is InChI=1S/C19H19N3O4S/c23-17(16-10-21-18(27-16)15-6-3-7-26-15)22-14(19(24)25)8-11-9-20-13-5-2-1-4-12(11)13/h1-2,4-5,9-10,14-15,20H,3,6-8H2,(H,22,23)(H,24,25). The molecule has 0 saturated carbocycles. The van der Waals surface area contributed by atoms with Crippen molar-refractivity contribution in [3.63, 3.8) is 0 Å². The molecule has 1 aliphatic heterocycles. The molecule has 3 aromatic rings. The van der Waals surface area contributed by atoms with Crippen molar-refractivity contribution in [1.29, 1.82) is 0 Å². The maximum atomic E-state index is 12.5. The highest BCUT2D eigenvalue weighted by Crippen LogP contribution is 2.31. The number of hydrogen-bond donors (Lipinski definition) is 3. The van der Waals surface area contributed by atoms with E-state index in [1.165, 1.54) is 17.5 Å². The van der Waals surface area contributed by atoms with Crippen LogP contribution >= 0.6 is 11.3 Å². The lowest BCUT2D eigenvalue weighted by Gasteiger charge is -2.13. The number of benzene rings is 1. The van der Waals surface area contributed by atoms with Gasteiger partial charge in [0.15, 0.2) is 0 Å². The molecule has 0 radical (unpaired) electrons. The molecule has 8 heteroatoms. The molecule has 2 unspecified atom stereocenters. The molecule has 0 aliphatic carbocycles. The molecule has 1 saturated heterocycles. The summed E-state index contributed by atoms with van der Waals surface area (Å²) in [6.45, 7) is 0.706. The Morgan fingerprint density at radius 2 is 2.26 bits per heavy atom. The number of H-pyrrole nitrogens is 1. The van der Waals surface area contributed by atoms with E-state index >= 15 is 0 Å². The minimum Gasteiger partial charge on any atom is -0.480 e. The van der Waals surface area contributed by atoms with Crippen LogP contribution in [0.15, 0.2) is 36.7 Å². The van der Waals surface area contributed by atoms with E-state index in [2.05, 4.69) is 15.3 Å². The summed E-state index contributed by atoms with van der Waals surface area (Å²) in [6, 6.07) is 6.65. The molecule has 3 heterocycles. The van der Waals surface area contributed by atoms with Gasteiger partial charge in [-0.15, -0.1) is 11.3 Å². The highest BCUT2D eigenvalue weighted by molar-refractivity contribution is 7.13. The zero-order chi connectivity index (χ0) is 18.8. The van der Waals surface area contributed by atoms with Crippen molar-refractivity contribution in [2.45, 2.75) is 31.4 Å². The lowest BCUT2D eigenvalue weighted by atomic mass is 10.0. The number of hydrogen-bond acceptors (Lipinski definition) is 5. The molecule has 3 N–H and O–H groups in total. The average Bonchev–Trinajstić information content (AvgIpc) is 3.41. The van der Waals surface area contributed by atoms with Crippen LogP contribution in [0, 0.1) is 0 Å². The largest absolute Gasteiger partial charge is 0.480 e. The van der Waals surface area contributed by atoms with Crippen LogP contribution in [-0.2, 0) is 16.0 Å². The lowest BCUT2D eigenvalue weighted by Crippen LogP contribution is -2.42. The van der Waals surface area contributed by atoms with Gasteiger partial charge in [0.1, 0.15) is 22.0 Å². The summed E-state index contributed by atoms with van der Waals surface area (Å²) in [5.74, 6) is -1.50. The van der Waals surface area contributed by atoms with Gasteiger partial charge in [0.25, 0.3) is 5.91 Å². The fourth-order valence-corrected chi connectivity index (χ4v) is 4.17. The molecule has 1 aromatic carbocycles. The minimum absolute atomic E-state index is 0.0574. The lowest BCUT2D eigenvalue weighted by molar-refractivity contribution is -0.139. The summed E-state index contributed by atoms with van der Waals surface area (Å²) in [4.78, 5) is 32.0. The molecule has 2 aromatic heterocycles. The Balaban J connectivity index is 1.48. The number of aliphatic carboxylic acids is 1. The van der Waals surface area contributed by atoms with Crippen molar-refractivity contribution >= 4 is 34.1 Å². The van der Waals surface area contributed by atoms with E-state index in [0.29, 0.717) is 11.5 Å². The normalized spacial score (nSPS) is 17.9. The van der Waals surface area contributed by atoms with Crippen molar-refractivity contribution in [3.8, 4) is 0 Å². The molecule has 1 fully saturated rings. The van der Waals surface area contributed by atoms with Gasteiger partial charge in [0, 0.05) is 30.1 Å². The van der Waals surface area contributed by atoms with E-state index < -0.39 is 17.9 Å². The molecule has 1 aliphatic rings. The van der Waals surface area contributed by atoms with Crippen molar-refractivity contribution < 1.29 is 19.4 Å². The second kappa shape index (κ2) is 7.50. The van der Waals surface area contributed by atoms with E-state index in [9.17, 15) is 14.7 Å². The fourth-order valence-electron chi connectivity index (χ4n) is 3.26. The maximum Gasteiger partial charge on any atom is 0.326 e. The number of aromatic amines is 1. The molecule has 7 nitrogen and oxygen atoms in total. The van der Waals surface area contributed by atoms with Gasteiger partial charge in [-0.1, -0.05) is 18.2 Å². The summed E-state index contributed by atoms with van der Waals surface area (Å²) in [6.07, 6.45) is 5.29. The van der Waals surface area contributed by atoms with E-state index in [1.54, 1.807) is 6.20 Å². The average molecular weight is 385 g/mol. The first-order valence-electron chi connectivity index (χ1n) is 8.78. The SMILES string of the molecule is O=C(NC(Cc1c[nH]c2ccccc12)C(=O)O)c1cnc(C2CCCO2)s1. The zero-order valence-electron chi connectivity index (χ0n) is 14.5. The molecular weight excluding hydrogens is 366 g/mol. The number of carboxylic acid groups (broad SMARTS) is 1. The van der Waals surface area contributed by atoms with Crippen LogP contribution in [-0.4, -0.2) is 39.6 Å². The summed E-state index contributed by atoms with van der Waals surface area (Å²) < 4.78 is 5.58. The topological polar surface area (TPSA) is 104 Å². The highest BCUT2D eigenvalue weighted by Gasteiger charge is 2.26. The van der Waals surface area contributed by atoms with E-state index in [1.807, 2.05) is 24.3 Å². The van der Waals surface area contributed by atoms with Crippen molar-refractivity contribution in [3.05, 3.63) is 52.1 Å². The van der Waals surface area contributed by atoms with Gasteiger partial charge >= 0.3 is 5.97 Å². The van der Waals surface area contributed by atoms with Crippen LogP contribution in [0.25, 0.3) is 10.9 Å². The number of carbonyl (C=O) groups is 2. The molecular formula is C19H19N3O4S. The summed E-state index contributed by atoms with van der Waals surface area (Å²) in [7, 11) is 0. The van der Waals surface area contributed by atoms with Crippen LogP contribution in [0.3, 0.4) is 0 Å². The first kappa shape index (κ1) is 17.7. The molecule has 0 spiro atoms. The van der Waals surface area contributed by atoms with Crippen LogP contribution in [0.4, 0.5) is 0 Å². The summed E-state index contributed by atoms with van der Waals surface area (Å²) in [5, 5.41) is 13.9. The molecule has 0 bridgehead atoms. The van der Waals surface area contributed by atoms with Crippen molar-refractivity contribution in [2.75, 3.05) is 6.61 Å². The van der Waals surface area contributed by atoms with Crippen LogP contribution in [0.5, 0.6) is 0 Å². The van der Waals surface area contributed by atoms with Gasteiger partial charge < -0.3 is 20.1 Å². The highest BCUT2D eigenvalue weighted by atomic mass is 32.1. The van der Waals surface area contributed by atoms with Gasteiger partial charge in [0.2, 0.25) is 0 Å². The number of rotatable bonds is 6. The van der Waals surface area contributed by atoms with Crippen LogP contribution in [0.1, 0.15) is 39.2 Å². The van der Waals surface area contributed by atoms with Gasteiger partial charge in [-0.25, -0.2) is 9.78 Å². The smallest absolute Gasteiger partial charge is 0.326 e. The number of ether oxygens (including phenoxy) is 1. The monoisotopic (exact) mass is 385 g/mol. The number of thiazole rings is 1. The molecule has 140 valence electrons. The quantitative estimate of drug-likeness (QED) is 0.605. The fraction of sp³-hybridized carbons (Fsp3) is 0.316. The second-order valence-electron chi connectivity index (χ2n) is 6.49. The number of para-hydroxylation sites is 1. The predicted molar refractivity (Wildman–Crippen MR) is 101 cm³/mol. The number of amides is 1. The molecule has 1 amide bonds. The second-order valence-corrected chi connectivity index (χ2v) is 7.55. The van der Waals surface area contributed by atoms with Crippen LogP contribution < -0.4 is 5.32 Å². The number of aromatic nitrogens is 2. The Labute approximate surface area is 159 Å². The van der Waals surface area contributed by atoms with E-state index in [0.717, 1.165) is 34.3 Å². The molecule has 2 atom stereocenters. The molecule has 27 heavy (non-hydrogen) atoms. The third-order valence-electron chi connectivity index (χ3n) is 4.65. The van der Waals surface area contributed by atoms with Crippen molar-refractivity contribution in [2.24, 2.45) is 0 Å². The Morgan fingerprint density at radius 3 is 3.04 bits per heavy atom. The first-order chi connectivity index (χ1) is 13.1. The number of carboxylic acids is 1. The zero-order valence-corrected chi connectivity index (χ0v) is 15.3. The van der Waals surface area contributed by atoms with Crippen molar-refractivity contribution in [1.82, 2.24) is 15.3 Å². The third-order valence-corrected chi connectivity index (χ3v) is 5.74. The Morgan fingerprint density at radius 1 is 1.41 bits per heavy atom. The minimum atomic E-state index is -1.07. The number of fused-ring (bicyclic) bond motifs is 1. The predicted octanol–water partition coefficient (Wildman–Crippen LogP) is 2.90. The van der Waals surface area contributed by atoms with Gasteiger partial charge in [0.05, 0.1) is 6.20 Å². The van der Waals surface area contributed by atoms with E-state index in [4.69, 9.17) is 4.74 Å². The Hall–Kier alpha value is -2.71. The van der Waals surface area contributed by atoms with Gasteiger partial charge in [-0.3, -0.25) is 4.79 Å². The van der Waals surface area contributed by atoms with Gasteiger partial charge in [-0.2, -0.15) is 0 Å². The maximum absolute atomic E-state index is 12.5. The third kappa shape index (κ3) is 3.72. The van der Waals surface area contributed by atoms with Gasteiger partial charge in [-0.05, 0) is 24.5 Å². The Bertz CT molecular complexity index is 974. The van der Waals surface area contributed by atoms with E-state index in [-0.39, 0.29) is 12.5 Å².